The maximum atomic E-state index is 12.2. The molecule has 2 rings (SSSR count). The second-order valence-corrected chi connectivity index (χ2v) is 6.69. The van der Waals surface area contributed by atoms with E-state index in [1.165, 1.54) is 0 Å². The molecule has 1 N–H and O–H groups in total. The largest absolute Gasteiger partial charge is 0.383 e. The van der Waals surface area contributed by atoms with E-state index in [9.17, 15) is 9.90 Å². The molecule has 0 bridgehead atoms. The molecule has 21 heavy (non-hydrogen) atoms. The monoisotopic (exact) mass is 298 g/mol. The van der Waals surface area contributed by atoms with Crippen LogP contribution in [0.5, 0.6) is 0 Å². The van der Waals surface area contributed by atoms with Crippen LogP contribution in [0.4, 0.5) is 0 Å². The number of nitrogens with zero attached hydrogens (tertiary/aromatic N) is 2. The third-order valence-corrected chi connectivity index (χ3v) is 4.71. The zero-order chi connectivity index (χ0) is 15.2. The molecule has 1 atom stereocenters. The number of rotatable bonds is 7. The van der Waals surface area contributed by atoms with E-state index in [-0.39, 0.29) is 17.9 Å². The van der Waals surface area contributed by atoms with Crippen molar-refractivity contribution in [3.8, 4) is 0 Å². The van der Waals surface area contributed by atoms with Gasteiger partial charge in [-0.1, -0.05) is 6.42 Å². The van der Waals surface area contributed by atoms with Crippen LogP contribution >= 0.6 is 0 Å². The second-order valence-electron chi connectivity index (χ2n) is 6.69. The quantitative estimate of drug-likeness (QED) is 0.715. The molecule has 0 radical (unpaired) electrons. The zero-order valence-corrected chi connectivity index (χ0v) is 13.5. The molecule has 2 fully saturated rings. The molecule has 0 aromatic rings. The van der Waals surface area contributed by atoms with Crippen molar-refractivity contribution < 1.29 is 14.6 Å². The van der Waals surface area contributed by atoms with Gasteiger partial charge in [-0.05, 0) is 58.7 Å². The van der Waals surface area contributed by atoms with Crippen molar-refractivity contribution in [1.29, 1.82) is 0 Å². The zero-order valence-electron chi connectivity index (χ0n) is 13.5. The number of likely N-dealkylation sites (tertiary alicyclic amines) is 1. The van der Waals surface area contributed by atoms with Gasteiger partial charge in [0.05, 0.1) is 6.10 Å². The Morgan fingerprint density at radius 2 is 1.95 bits per heavy atom. The first-order valence-electron chi connectivity index (χ1n) is 8.31. The van der Waals surface area contributed by atoms with E-state index in [0.29, 0.717) is 0 Å². The lowest BCUT2D eigenvalue weighted by Gasteiger charge is -2.36. The topological polar surface area (TPSA) is 53.0 Å². The molecule has 5 heteroatoms. The maximum absolute atomic E-state index is 12.2. The van der Waals surface area contributed by atoms with Gasteiger partial charge in [-0.2, -0.15) is 0 Å². The fourth-order valence-electron chi connectivity index (χ4n) is 3.02. The minimum Gasteiger partial charge on any atom is -0.383 e. The highest BCUT2D eigenvalue weighted by Crippen LogP contribution is 2.30. The van der Waals surface area contributed by atoms with E-state index < -0.39 is 6.10 Å². The van der Waals surface area contributed by atoms with Gasteiger partial charge in [-0.15, -0.1) is 0 Å². The predicted molar refractivity (Wildman–Crippen MR) is 82.1 cm³/mol. The summed E-state index contributed by atoms with van der Waals surface area (Å²) in [5.41, 5.74) is 0. The first-order valence-corrected chi connectivity index (χ1v) is 8.31. The third kappa shape index (κ3) is 4.94. The molecule has 0 unspecified atom stereocenters. The standard InChI is InChI=1S/C16H30N2O3/c1-17(2)9-4-12-21-14-7-10-18(11-8-14)16(20)15(19)13-5-3-6-13/h13-15,19H,3-12H2,1-2H3/t15-/m0/s1. The fraction of sp³-hybridized carbons (Fsp3) is 0.938. The van der Waals surface area contributed by atoms with Crippen LogP contribution in [-0.4, -0.2) is 73.4 Å². The lowest BCUT2D eigenvalue weighted by atomic mass is 9.80. The van der Waals surface area contributed by atoms with Gasteiger partial charge in [0.25, 0.3) is 5.91 Å². The highest BCUT2D eigenvalue weighted by atomic mass is 16.5. The molecule has 0 spiro atoms. The number of aliphatic hydroxyl groups excluding tert-OH is 1. The number of carbonyl (C=O) groups is 1. The number of hydrogen-bond acceptors (Lipinski definition) is 4. The van der Waals surface area contributed by atoms with Gasteiger partial charge in [0, 0.05) is 19.7 Å². The first-order chi connectivity index (χ1) is 10.1. The SMILES string of the molecule is CN(C)CCCOC1CCN(C(=O)[C@@H](O)C2CCC2)CC1. The first kappa shape index (κ1) is 16.7. The van der Waals surface area contributed by atoms with Gasteiger partial charge in [0.2, 0.25) is 0 Å². The molecular formula is C16H30N2O3. The average Bonchev–Trinajstić information content (AvgIpc) is 2.41. The Morgan fingerprint density at radius 1 is 1.29 bits per heavy atom. The van der Waals surface area contributed by atoms with Crippen molar-refractivity contribution in [2.75, 3.05) is 40.3 Å². The number of carbonyl (C=O) groups excluding carboxylic acids is 1. The van der Waals surface area contributed by atoms with Gasteiger partial charge >= 0.3 is 0 Å². The second kappa shape index (κ2) is 8.11. The molecule has 1 saturated carbocycles. The number of hydrogen-bond donors (Lipinski definition) is 1. The van der Waals surface area contributed by atoms with Crippen LogP contribution in [-0.2, 0) is 9.53 Å². The molecule has 5 nitrogen and oxygen atoms in total. The number of ether oxygens (including phenoxy) is 1. The van der Waals surface area contributed by atoms with Crippen LogP contribution in [0.1, 0.15) is 38.5 Å². The van der Waals surface area contributed by atoms with E-state index in [1.807, 2.05) is 4.90 Å². The fourth-order valence-corrected chi connectivity index (χ4v) is 3.02. The van der Waals surface area contributed by atoms with Gasteiger partial charge in [-0.3, -0.25) is 4.79 Å². The minimum atomic E-state index is -0.767. The molecule has 1 aliphatic carbocycles. The van der Waals surface area contributed by atoms with E-state index in [1.54, 1.807) is 0 Å². The Labute approximate surface area is 128 Å². The smallest absolute Gasteiger partial charge is 0.251 e. The summed E-state index contributed by atoms with van der Waals surface area (Å²) in [7, 11) is 4.13. The molecule has 0 aromatic heterocycles. The van der Waals surface area contributed by atoms with Crippen LogP contribution in [0, 0.1) is 5.92 Å². The predicted octanol–water partition coefficient (Wildman–Crippen LogP) is 1.11. The molecular weight excluding hydrogens is 268 g/mol. The Hall–Kier alpha value is -0.650. The molecule has 1 aliphatic heterocycles. The highest BCUT2D eigenvalue weighted by Gasteiger charge is 2.34. The van der Waals surface area contributed by atoms with E-state index in [0.717, 1.165) is 64.8 Å². The van der Waals surface area contributed by atoms with Crippen molar-refractivity contribution in [1.82, 2.24) is 9.80 Å². The van der Waals surface area contributed by atoms with E-state index in [4.69, 9.17) is 4.74 Å². The molecule has 1 heterocycles. The van der Waals surface area contributed by atoms with Crippen LogP contribution in [0.25, 0.3) is 0 Å². The van der Waals surface area contributed by atoms with Gasteiger partial charge < -0.3 is 19.6 Å². The van der Waals surface area contributed by atoms with Gasteiger partial charge in [-0.25, -0.2) is 0 Å². The van der Waals surface area contributed by atoms with Crippen molar-refractivity contribution in [2.45, 2.75) is 50.7 Å². The molecule has 1 amide bonds. The minimum absolute atomic E-state index is 0.0641. The lowest BCUT2D eigenvalue weighted by Crippen LogP contribution is -2.48. The Bertz CT molecular complexity index is 323. The molecule has 0 aromatic carbocycles. The van der Waals surface area contributed by atoms with Crippen LogP contribution in [0.2, 0.25) is 0 Å². The summed E-state index contributed by atoms with van der Waals surface area (Å²) in [4.78, 5) is 16.2. The van der Waals surface area contributed by atoms with Crippen LogP contribution < -0.4 is 0 Å². The summed E-state index contributed by atoms with van der Waals surface area (Å²) in [6.45, 7) is 3.29. The summed E-state index contributed by atoms with van der Waals surface area (Å²) in [6, 6.07) is 0. The summed E-state index contributed by atoms with van der Waals surface area (Å²) in [5, 5.41) is 10.1. The van der Waals surface area contributed by atoms with Crippen molar-refractivity contribution in [2.24, 2.45) is 5.92 Å². The summed E-state index contributed by atoms with van der Waals surface area (Å²) in [6.07, 6.45) is 5.49. The Morgan fingerprint density at radius 3 is 2.48 bits per heavy atom. The van der Waals surface area contributed by atoms with Crippen molar-refractivity contribution >= 4 is 5.91 Å². The van der Waals surface area contributed by atoms with E-state index >= 15 is 0 Å². The Balaban J connectivity index is 1.62. The Kier molecular flexibility index (Phi) is 6.45. The average molecular weight is 298 g/mol. The molecule has 2 aliphatic rings. The van der Waals surface area contributed by atoms with Crippen molar-refractivity contribution in [3.63, 3.8) is 0 Å². The van der Waals surface area contributed by atoms with Gasteiger partial charge in [0.1, 0.15) is 6.10 Å². The van der Waals surface area contributed by atoms with Gasteiger partial charge in [0.15, 0.2) is 0 Å². The van der Waals surface area contributed by atoms with E-state index in [2.05, 4.69) is 19.0 Å². The summed E-state index contributed by atoms with van der Waals surface area (Å²) < 4.78 is 5.87. The number of piperidine rings is 1. The van der Waals surface area contributed by atoms with Crippen molar-refractivity contribution in [3.05, 3.63) is 0 Å². The highest BCUT2D eigenvalue weighted by molar-refractivity contribution is 5.81. The maximum Gasteiger partial charge on any atom is 0.251 e. The van der Waals surface area contributed by atoms with Crippen LogP contribution in [0.3, 0.4) is 0 Å². The number of amides is 1. The molecule has 122 valence electrons. The summed E-state index contributed by atoms with van der Waals surface area (Å²) in [5.74, 6) is 0.142. The number of aliphatic hydroxyl groups is 1. The van der Waals surface area contributed by atoms with Crippen LogP contribution in [0.15, 0.2) is 0 Å². The lowest BCUT2D eigenvalue weighted by molar-refractivity contribution is -0.147. The normalized spacial score (nSPS) is 22.4. The third-order valence-electron chi connectivity index (χ3n) is 4.71. The molecule has 1 saturated heterocycles. The summed E-state index contributed by atoms with van der Waals surface area (Å²) >= 11 is 0.